The standard InChI is InChI=1S/C13H13BrClN3O/c14-10-5-1-3-9(7-10)4-2-6-16-11-8-17-18-13(19)12(11)15/h1,3,5,7-8H,2,4,6H2,(H2,16,18,19). The minimum atomic E-state index is -0.376. The summed E-state index contributed by atoms with van der Waals surface area (Å²) in [4.78, 5) is 11.2. The third-order valence-corrected chi connectivity index (χ3v) is 3.51. The number of nitrogens with zero attached hydrogens (tertiary/aromatic N) is 1. The summed E-state index contributed by atoms with van der Waals surface area (Å²) in [6.45, 7) is 0.733. The lowest BCUT2D eigenvalue weighted by Gasteiger charge is -2.07. The summed E-state index contributed by atoms with van der Waals surface area (Å²) in [5.41, 5.74) is 1.46. The summed E-state index contributed by atoms with van der Waals surface area (Å²) in [7, 11) is 0. The fraction of sp³-hybridized carbons (Fsp3) is 0.231. The van der Waals surface area contributed by atoms with Crippen molar-refractivity contribution in [3.63, 3.8) is 0 Å². The normalized spacial score (nSPS) is 10.4. The molecule has 2 aromatic rings. The number of hydrogen-bond acceptors (Lipinski definition) is 3. The van der Waals surface area contributed by atoms with Crippen molar-refractivity contribution in [1.29, 1.82) is 0 Å². The monoisotopic (exact) mass is 341 g/mol. The van der Waals surface area contributed by atoms with Crippen LogP contribution in [0, 0.1) is 0 Å². The van der Waals surface area contributed by atoms with Gasteiger partial charge in [-0.15, -0.1) is 0 Å². The maximum absolute atomic E-state index is 11.2. The third-order valence-electron chi connectivity index (χ3n) is 2.64. The average Bonchev–Trinajstić information content (AvgIpc) is 2.39. The smallest absolute Gasteiger partial charge is 0.285 e. The van der Waals surface area contributed by atoms with Crippen molar-refractivity contribution in [2.45, 2.75) is 12.8 Å². The van der Waals surface area contributed by atoms with Gasteiger partial charge in [-0.3, -0.25) is 4.79 Å². The molecule has 1 aromatic heterocycles. The maximum atomic E-state index is 11.2. The largest absolute Gasteiger partial charge is 0.382 e. The molecule has 0 saturated heterocycles. The van der Waals surface area contributed by atoms with E-state index in [0.717, 1.165) is 23.9 Å². The Labute approximate surface area is 124 Å². The number of aromatic amines is 1. The Bertz CT molecular complexity index is 615. The Kier molecular flexibility index (Phi) is 4.99. The van der Waals surface area contributed by atoms with Crippen molar-refractivity contribution in [3.8, 4) is 0 Å². The van der Waals surface area contributed by atoms with Gasteiger partial charge in [0, 0.05) is 11.0 Å². The maximum Gasteiger partial charge on any atom is 0.285 e. The summed E-state index contributed by atoms with van der Waals surface area (Å²) in [5, 5.41) is 9.25. The Morgan fingerprint density at radius 3 is 3.05 bits per heavy atom. The topological polar surface area (TPSA) is 57.8 Å². The zero-order chi connectivity index (χ0) is 13.7. The fourth-order valence-corrected chi connectivity index (χ4v) is 2.32. The first-order valence-corrected chi connectivity index (χ1v) is 7.05. The lowest BCUT2D eigenvalue weighted by Crippen LogP contribution is -2.12. The molecular weight excluding hydrogens is 330 g/mol. The van der Waals surface area contributed by atoms with E-state index < -0.39 is 0 Å². The van der Waals surface area contributed by atoms with Crippen LogP contribution in [0.4, 0.5) is 5.69 Å². The molecule has 0 aliphatic carbocycles. The molecule has 4 nitrogen and oxygen atoms in total. The van der Waals surface area contributed by atoms with Crippen LogP contribution in [-0.4, -0.2) is 16.7 Å². The van der Waals surface area contributed by atoms with Gasteiger partial charge in [0.2, 0.25) is 0 Å². The van der Waals surface area contributed by atoms with E-state index in [1.54, 1.807) is 0 Å². The van der Waals surface area contributed by atoms with Gasteiger partial charge in [-0.25, -0.2) is 5.10 Å². The van der Waals surface area contributed by atoms with Crippen molar-refractivity contribution < 1.29 is 0 Å². The van der Waals surface area contributed by atoms with Crippen LogP contribution in [0.5, 0.6) is 0 Å². The first-order chi connectivity index (χ1) is 9.16. The quantitative estimate of drug-likeness (QED) is 0.820. The summed E-state index contributed by atoms with van der Waals surface area (Å²) in [6.07, 6.45) is 3.42. The van der Waals surface area contributed by atoms with E-state index in [-0.39, 0.29) is 10.6 Å². The number of aromatic nitrogens is 2. The molecule has 0 saturated carbocycles. The summed E-state index contributed by atoms with van der Waals surface area (Å²) in [5.74, 6) is 0. The Morgan fingerprint density at radius 1 is 1.42 bits per heavy atom. The molecule has 0 unspecified atom stereocenters. The van der Waals surface area contributed by atoms with Crippen LogP contribution in [0.2, 0.25) is 5.02 Å². The molecule has 0 amide bonds. The van der Waals surface area contributed by atoms with Crippen LogP contribution in [0.15, 0.2) is 39.7 Å². The van der Waals surface area contributed by atoms with Crippen LogP contribution < -0.4 is 10.9 Å². The predicted octanol–water partition coefficient (Wildman–Crippen LogP) is 3.23. The zero-order valence-corrected chi connectivity index (χ0v) is 12.5. The van der Waals surface area contributed by atoms with E-state index >= 15 is 0 Å². The number of halogens is 2. The van der Waals surface area contributed by atoms with Crippen molar-refractivity contribution in [3.05, 3.63) is 55.9 Å². The van der Waals surface area contributed by atoms with Crippen LogP contribution in [0.1, 0.15) is 12.0 Å². The molecule has 0 aliphatic heterocycles. The van der Waals surface area contributed by atoms with E-state index in [1.165, 1.54) is 11.8 Å². The van der Waals surface area contributed by atoms with Gasteiger partial charge in [-0.2, -0.15) is 5.10 Å². The van der Waals surface area contributed by atoms with Gasteiger partial charge in [-0.1, -0.05) is 39.7 Å². The number of aryl methyl sites for hydroxylation is 1. The van der Waals surface area contributed by atoms with Gasteiger partial charge in [-0.05, 0) is 30.5 Å². The summed E-state index contributed by atoms with van der Waals surface area (Å²) in [6, 6.07) is 8.21. The second kappa shape index (κ2) is 6.73. The Balaban J connectivity index is 1.84. The molecule has 1 aromatic carbocycles. The van der Waals surface area contributed by atoms with Crippen LogP contribution in [-0.2, 0) is 6.42 Å². The first-order valence-electron chi connectivity index (χ1n) is 5.88. The van der Waals surface area contributed by atoms with Crippen molar-refractivity contribution in [2.75, 3.05) is 11.9 Å². The summed E-state index contributed by atoms with van der Waals surface area (Å²) >= 11 is 9.30. The Morgan fingerprint density at radius 2 is 2.26 bits per heavy atom. The number of benzene rings is 1. The molecular formula is C13H13BrClN3O. The van der Waals surface area contributed by atoms with Gasteiger partial charge in [0.1, 0.15) is 5.02 Å². The van der Waals surface area contributed by atoms with Gasteiger partial charge in [0.15, 0.2) is 0 Å². The number of rotatable bonds is 5. The number of hydrogen-bond donors (Lipinski definition) is 2. The highest BCUT2D eigenvalue weighted by molar-refractivity contribution is 9.10. The SMILES string of the molecule is O=c1[nH]ncc(NCCCc2cccc(Br)c2)c1Cl. The molecule has 2 N–H and O–H groups in total. The highest BCUT2D eigenvalue weighted by atomic mass is 79.9. The Hall–Kier alpha value is -1.33. The lowest BCUT2D eigenvalue weighted by atomic mass is 10.1. The molecule has 0 aliphatic rings. The van der Waals surface area contributed by atoms with Crippen LogP contribution in [0.3, 0.4) is 0 Å². The van der Waals surface area contributed by atoms with E-state index in [0.29, 0.717) is 5.69 Å². The molecule has 0 bridgehead atoms. The molecule has 0 fully saturated rings. The van der Waals surface area contributed by atoms with Crippen molar-refractivity contribution in [1.82, 2.24) is 10.2 Å². The van der Waals surface area contributed by atoms with Crippen molar-refractivity contribution >= 4 is 33.2 Å². The fourth-order valence-electron chi connectivity index (χ4n) is 1.71. The van der Waals surface area contributed by atoms with Gasteiger partial charge in [0.05, 0.1) is 11.9 Å². The molecule has 0 radical (unpaired) electrons. The van der Waals surface area contributed by atoms with Crippen LogP contribution in [0.25, 0.3) is 0 Å². The van der Waals surface area contributed by atoms with Gasteiger partial charge < -0.3 is 5.32 Å². The van der Waals surface area contributed by atoms with E-state index in [4.69, 9.17) is 11.6 Å². The first kappa shape index (κ1) is 14.1. The average molecular weight is 343 g/mol. The molecule has 0 spiro atoms. The summed E-state index contributed by atoms with van der Waals surface area (Å²) < 4.78 is 1.08. The van der Waals surface area contributed by atoms with Gasteiger partial charge in [0.25, 0.3) is 5.56 Å². The molecule has 0 atom stereocenters. The second-order valence-electron chi connectivity index (χ2n) is 4.09. The predicted molar refractivity (Wildman–Crippen MR) is 80.8 cm³/mol. The minimum absolute atomic E-state index is 0.150. The zero-order valence-electron chi connectivity index (χ0n) is 10.1. The lowest BCUT2D eigenvalue weighted by molar-refractivity contribution is 0.859. The van der Waals surface area contributed by atoms with E-state index in [9.17, 15) is 4.79 Å². The third kappa shape index (κ3) is 4.08. The molecule has 19 heavy (non-hydrogen) atoms. The molecule has 6 heteroatoms. The van der Waals surface area contributed by atoms with E-state index in [1.807, 2.05) is 12.1 Å². The van der Waals surface area contributed by atoms with E-state index in [2.05, 4.69) is 43.6 Å². The molecule has 1 heterocycles. The molecule has 100 valence electrons. The highest BCUT2D eigenvalue weighted by Gasteiger charge is 2.03. The number of anilines is 1. The highest BCUT2D eigenvalue weighted by Crippen LogP contribution is 2.15. The van der Waals surface area contributed by atoms with Crippen molar-refractivity contribution in [2.24, 2.45) is 0 Å². The number of nitrogens with one attached hydrogen (secondary N) is 2. The van der Waals surface area contributed by atoms with Crippen LogP contribution >= 0.6 is 27.5 Å². The second-order valence-corrected chi connectivity index (χ2v) is 5.38. The van der Waals surface area contributed by atoms with Gasteiger partial charge >= 0.3 is 0 Å². The number of H-pyrrole nitrogens is 1. The molecule has 2 rings (SSSR count). The minimum Gasteiger partial charge on any atom is -0.382 e.